The molecule has 0 saturated heterocycles. The number of hydrogen-bond donors (Lipinski definition) is 2. The van der Waals surface area contributed by atoms with Gasteiger partial charge in [-0.1, -0.05) is 18.2 Å². The van der Waals surface area contributed by atoms with Crippen LogP contribution in [0.2, 0.25) is 0 Å². The number of para-hydroxylation sites is 1. The highest BCUT2D eigenvalue weighted by molar-refractivity contribution is 5.53. The van der Waals surface area contributed by atoms with E-state index in [2.05, 4.69) is 5.32 Å². The van der Waals surface area contributed by atoms with Crippen LogP contribution in [0.5, 0.6) is 0 Å². The lowest BCUT2D eigenvalue weighted by Crippen LogP contribution is -2.05. The van der Waals surface area contributed by atoms with Crippen LogP contribution in [0.15, 0.2) is 24.3 Å². The first-order valence-electron chi connectivity index (χ1n) is 4.81. The molecule has 0 aromatic heterocycles. The minimum atomic E-state index is -0.387. The Balaban J connectivity index is 2.20. The van der Waals surface area contributed by atoms with Crippen molar-refractivity contribution in [1.29, 1.82) is 0 Å². The van der Waals surface area contributed by atoms with Crippen LogP contribution >= 0.6 is 0 Å². The zero-order valence-corrected chi connectivity index (χ0v) is 7.83. The highest BCUT2D eigenvalue weighted by Crippen LogP contribution is 2.29. The standard InChI is InChI=1S/C11H15NO/c1-8(13)10-4-2-3-5-11(10)12-9-6-7-9/h2-5,8-9,12-13H,6-7H2,1H3. The van der Waals surface area contributed by atoms with E-state index >= 15 is 0 Å². The Kier molecular flexibility index (Phi) is 2.23. The van der Waals surface area contributed by atoms with Gasteiger partial charge in [-0.15, -0.1) is 0 Å². The molecule has 0 heterocycles. The summed E-state index contributed by atoms with van der Waals surface area (Å²) in [6.45, 7) is 1.80. The second kappa shape index (κ2) is 3.38. The van der Waals surface area contributed by atoms with E-state index in [1.54, 1.807) is 6.92 Å². The Bertz CT molecular complexity index is 292. The van der Waals surface area contributed by atoms with Crippen LogP contribution in [-0.2, 0) is 0 Å². The smallest absolute Gasteiger partial charge is 0.0781 e. The van der Waals surface area contributed by atoms with Gasteiger partial charge >= 0.3 is 0 Å². The highest BCUT2D eigenvalue weighted by Gasteiger charge is 2.22. The molecule has 1 unspecified atom stereocenters. The fraction of sp³-hybridized carbons (Fsp3) is 0.455. The lowest BCUT2D eigenvalue weighted by Gasteiger charge is -2.12. The van der Waals surface area contributed by atoms with Gasteiger partial charge in [0, 0.05) is 17.3 Å². The van der Waals surface area contributed by atoms with Crippen LogP contribution in [0, 0.1) is 0 Å². The van der Waals surface area contributed by atoms with Crippen molar-refractivity contribution < 1.29 is 5.11 Å². The van der Waals surface area contributed by atoms with Crippen molar-refractivity contribution >= 4 is 5.69 Å². The minimum absolute atomic E-state index is 0.387. The molecule has 13 heavy (non-hydrogen) atoms. The van der Waals surface area contributed by atoms with E-state index in [-0.39, 0.29) is 6.10 Å². The summed E-state index contributed by atoms with van der Waals surface area (Å²) >= 11 is 0. The third-order valence-electron chi connectivity index (χ3n) is 2.35. The average Bonchev–Trinajstić information content (AvgIpc) is 2.89. The largest absolute Gasteiger partial charge is 0.389 e. The molecule has 1 aliphatic rings. The van der Waals surface area contributed by atoms with E-state index in [9.17, 15) is 5.11 Å². The summed E-state index contributed by atoms with van der Waals surface area (Å²) in [6.07, 6.45) is 2.13. The van der Waals surface area contributed by atoms with Gasteiger partial charge in [0.25, 0.3) is 0 Å². The van der Waals surface area contributed by atoms with Crippen LogP contribution < -0.4 is 5.32 Å². The maximum absolute atomic E-state index is 9.50. The van der Waals surface area contributed by atoms with Crippen molar-refractivity contribution in [2.45, 2.75) is 31.9 Å². The number of benzene rings is 1. The maximum atomic E-state index is 9.50. The zero-order valence-electron chi connectivity index (χ0n) is 7.83. The first-order valence-corrected chi connectivity index (χ1v) is 4.81. The molecule has 0 spiro atoms. The molecule has 0 bridgehead atoms. The minimum Gasteiger partial charge on any atom is -0.389 e. The van der Waals surface area contributed by atoms with Gasteiger partial charge in [0.1, 0.15) is 0 Å². The van der Waals surface area contributed by atoms with E-state index < -0.39 is 0 Å². The molecule has 2 heteroatoms. The molecule has 0 radical (unpaired) electrons. The van der Waals surface area contributed by atoms with Crippen LogP contribution in [0.25, 0.3) is 0 Å². The van der Waals surface area contributed by atoms with Gasteiger partial charge in [-0.25, -0.2) is 0 Å². The first-order chi connectivity index (χ1) is 6.27. The fourth-order valence-electron chi connectivity index (χ4n) is 1.44. The van der Waals surface area contributed by atoms with Gasteiger partial charge in [0.05, 0.1) is 6.10 Å². The van der Waals surface area contributed by atoms with Crippen molar-refractivity contribution in [2.75, 3.05) is 5.32 Å². The second-order valence-electron chi connectivity index (χ2n) is 3.68. The van der Waals surface area contributed by atoms with E-state index in [0.717, 1.165) is 11.3 Å². The molecular weight excluding hydrogens is 162 g/mol. The van der Waals surface area contributed by atoms with E-state index in [0.29, 0.717) is 6.04 Å². The number of aliphatic hydroxyl groups is 1. The Morgan fingerprint density at radius 3 is 2.69 bits per heavy atom. The predicted octanol–water partition coefficient (Wildman–Crippen LogP) is 2.31. The fourth-order valence-corrected chi connectivity index (χ4v) is 1.44. The molecule has 1 aromatic rings. The molecule has 2 nitrogen and oxygen atoms in total. The molecule has 0 aliphatic heterocycles. The van der Waals surface area contributed by atoms with Gasteiger partial charge in [-0.05, 0) is 25.8 Å². The number of nitrogens with one attached hydrogen (secondary N) is 1. The molecular formula is C11H15NO. The molecule has 2 N–H and O–H groups in total. The lowest BCUT2D eigenvalue weighted by atomic mass is 10.1. The van der Waals surface area contributed by atoms with E-state index in [1.807, 2.05) is 24.3 Å². The van der Waals surface area contributed by atoms with Gasteiger partial charge in [-0.2, -0.15) is 0 Å². The third kappa shape index (κ3) is 2.01. The molecule has 2 rings (SSSR count). The van der Waals surface area contributed by atoms with Crippen LogP contribution in [-0.4, -0.2) is 11.1 Å². The summed E-state index contributed by atoms with van der Waals surface area (Å²) in [6, 6.07) is 8.59. The van der Waals surface area contributed by atoms with Crippen molar-refractivity contribution in [3.63, 3.8) is 0 Å². The molecule has 1 aliphatic carbocycles. The summed E-state index contributed by atoms with van der Waals surface area (Å²) in [5.74, 6) is 0. The van der Waals surface area contributed by atoms with Crippen LogP contribution in [0.4, 0.5) is 5.69 Å². The highest BCUT2D eigenvalue weighted by atomic mass is 16.3. The molecule has 1 aromatic carbocycles. The Morgan fingerprint density at radius 2 is 2.08 bits per heavy atom. The molecule has 0 amide bonds. The zero-order chi connectivity index (χ0) is 9.26. The SMILES string of the molecule is CC(O)c1ccccc1NC1CC1. The quantitative estimate of drug-likeness (QED) is 0.742. The summed E-state index contributed by atoms with van der Waals surface area (Å²) in [7, 11) is 0. The topological polar surface area (TPSA) is 32.3 Å². The first kappa shape index (κ1) is 8.57. The van der Waals surface area contributed by atoms with Crippen molar-refractivity contribution in [3.05, 3.63) is 29.8 Å². The monoisotopic (exact) mass is 177 g/mol. The van der Waals surface area contributed by atoms with Gasteiger partial charge in [0.15, 0.2) is 0 Å². The molecule has 1 saturated carbocycles. The molecule has 1 fully saturated rings. The molecule has 1 atom stereocenters. The van der Waals surface area contributed by atoms with Crippen molar-refractivity contribution in [2.24, 2.45) is 0 Å². The van der Waals surface area contributed by atoms with Gasteiger partial charge in [0.2, 0.25) is 0 Å². The Morgan fingerprint density at radius 1 is 1.38 bits per heavy atom. The van der Waals surface area contributed by atoms with Crippen molar-refractivity contribution in [3.8, 4) is 0 Å². The summed E-state index contributed by atoms with van der Waals surface area (Å²) in [5, 5.41) is 12.9. The van der Waals surface area contributed by atoms with E-state index in [4.69, 9.17) is 0 Å². The number of aliphatic hydroxyl groups excluding tert-OH is 1. The van der Waals surface area contributed by atoms with Crippen molar-refractivity contribution in [1.82, 2.24) is 0 Å². The summed E-state index contributed by atoms with van der Waals surface area (Å²) < 4.78 is 0. The average molecular weight is 177 g/mol. The predicted molar refractivity (Wildman–Crippen MR) is 53.7 cm³/mol. The summed E-state index contributed by atoms with van der Waals surface area (Å²) in [5.41, 5.74) is 2.08. The van der Waals surface area contributed by atoms with Crippen LogP contribution in [0.1, 0.15) is 31.4 Å². The van der Waals surface area contributed by atoms with Gasteiger partial charge < -0.3 is 10.4 Å². The number of hydrogen-bond acceptors (Lipinski definition) is 2. The number of anilines is 1. The Labute approximate surface area is 78.6 Å². The normalized spacial score (nSPS) is 18.3. The van der Waals surface area contributed by atoms with Crippen LogP contribution in [0.3, 0.4) is 0 Å². The van der Waals surface area contributed by atoms with Gasteiger partial charge in [-0.3, -0.25) is 0 Å². The lowest BCUT2D eigenvalue weighted by molar-refractivity contribution is 0.200. The Hall–Kier alpha value is -1.02. The van der Waals surface area contributed by atoms with E-state index in [1.165, 1.54) is 12.8 Å². The second-order valence-corrected chi connectivity index (χ2v) is 3.68. The molecule has 70 valence electrons. The summed E-state index contributed by atoms with van der Waals surface area (Å²) in [4.78, 5) is 0. The third-order valence-corrected chi connectivity index (χ3v) is 2.35. The number of rotatable bonds is 3. The maximum Gasteiger partial charge on any atom is 0.0781 e.